The lowest BCUT2D eigenvalue weighted by Gasteiger charge is -2.18. The quantitative estimate of drug-likeness (QED) is 0.302. The number of halogens is 3. The summed E-state index contributed by atoms with van der Waals surface area (Å²) >= 11 is 0. The van der Waals surface area contributed by atoms with E-state index < -0.39 is 70.1 Å². The van der Waals surface area contributed by atoms with Gasteiger partial charge in [0.25, 0.3) is 5.91 Å². The molecule has 200 valence electrons. The first-order valence-electron chi connectivity index (χ1n) is 10.5. The van der Waals surface area contributed by atoms with Gasteiger partial charge in [0.1, 0.15) is 6.54 Å². The van der Waals surface area contributed by atoms with Gasteiger partial charge in [-0.3, -0.25) is 19.2 Å². The number of likely N-dealkylation sites (N-methyl/N-ethyl adjacent to an activating group) is 1. The van der Waals surface area contributed by atoms with Crippen molar-refractivity contribution in [1.82, 2.24) is 9.62 Å². The Morgan fingerprint density at radius 3 is 2.19 bits per heavy atom. The summed E-state index contributed by atoms with van der Waals surface area (Å²) in [5.41, 5.74) is -0.274. The Bertz CT molecular complexity index is 1300. The molecule has 0 spiro atoms. The average Bonchev–Trinajstić information content (AvgIpc) is 2.82. The number of hydrogen-bond donors (Lipinski definition) is 3. The fourth-order valence-corrected chi connectivity index (χ4v) is 3.89. The molecule has 0 saturated heterocycles. The van der Waals surface area contributed by atoms with E-state index in [0.717, 1.165) is 20.0 Å². The third kappa shape index (κ3) is 8.01. The Morgan fingerprint density at radius 1 is 0.973 bits per heavy atom. The van der Waals surface area contributed by atoms with E-state index in [9.17, 15) is 40.8 Å². The number of anilines is 2. The number of sulfonamides is 1. The number of rotatable bonds is 10. The van der Waals surface area contributed by atoms with Gasteiger partial charge < -0.3 is 20.7 Å². The lowest BCUT2D eigenvalue weighted by Crippen LogP contribution is -2.41. The molecule has 0 fully saturated rings. The minimum Gasteiger partial charge on any atom is -0.452 e. The highest BCUT2D eigenvalue weighted by Crippen LogP contribution is 2.20. The molecule has 2 aromatic rings. The molecule has 1 atom stereocenters. The van der Waals surface area contributed by atoms with Gasteiger partial charge in [-0.05, 0) is 43.3 Å². The Kier molecular flexibility index (Phi) is 9.74. The molecular weight excluding hydrogens is 521 g/mol. The standard InChI is InChI=1S/C22H23F3N4O7S/c1-12(22(33)26-10-18(31)28-17-9-8-16(23)20(24)21(17)25)36-19(32)11-29(3)37(34,35)15-6-4-14(5-7-15)27-13(2)30/h4-9,12H,10-11H2,1-3H3,(H,26,33)(H,27,30)(H,28,31)/t12-/m0/s1. The normalized spacial score (nSPS) is 12.0. The van der Waals surface area contributed by atoms with Crippen LogP contribution in [0.25, 0.3) is 0 Å². The van der Waals surface area contributed by atoms with Crippen molar-refractivity contribution in [2.45, 2.75) is 24.8 Å². The molecule has 0 aromatic heterocycles. The van der Waals surface area contributed by atoms with Crippen LogP contribution in [0.15, 0.2) is 41.3 Å². The smallest absolute Gasteiger partial charge is 0.322 e. The van der Waals surface area contributed by atoms with Crippen molar-refractivity contribution in [3.8, 4) is 0 Å². The van der Waals surface area contributed by atoms with Gasteiger partial charge in [-0.25, -0.2) is 21.6 Å². The van der Waals surface area contributed by atoms with E-state index in [1.165, 1.54) is 31.2 Å². The van der Waals surface area contributed by atoms with Crippen LogP contribution >= 0.6 is 0 Å². The number of hydrogen-bond acceptors (Lipinski definition) is 7. The summed E-state index contributed by atoms with van der Waals surface area (Å²) in [5, 5.41) is 6.53. The lowest BCUT2D eigenvalue weighted by molar-refractivity contribution is -0.154. The van der Waals surface area contributed by atoms with Gasteiger partial charge in [-0.15, -0.1) is 0 Å². The summed E-state index contributed by atoms with van der Waals surface area (Å²) in [6.45, 7) is 0.984. The Balaban J connectivity index is 1.87. The number of benzene rings is 2. The SMILES string of the molecule is CC(=O)Nc1ccc(S(=O)(=O)N(C)CC(=O)O[C@@H](C)C(=O)NCC(=O)Nc2ccc(F)c(F)c2F)cc1. The van der Waals surface area contributed by atoms with Crippen molar-refractivity contribution in [3.63, 3.8) is 0 Å². The summed E-state index contributed by atoms with van der Waals surface area (Å²) in [6, 6.07) is 6.59. The molecule has 0 saturated carbocycles. The number of amides is 3. The van der Waals surface area contributed by atoms with E-state index in [1.54, 1.807) is 0 Å². The number of nitrogens with one attached hydrogen (secondary N) is 3. The number of carbonyl (C=O) groups is 4. The van der Waals surface area contributed by atoms with Crippen molar-refractivity contribution in [2.24, 2.45) is 0 Å². The Morgan fingerprint density at radius 2 is 1.59 bits per heavy atom. The molecule has 0 radical (unpaired) electrons. The molecule has 37 heavy (non-hydrogen) atoms. The molecule has 2 rings (SSSR count). The van der Waals surface area contributed by atoms with Crippen LogP contribution in [0.4, 0.5) is 24.5 Å². The van der Waals surface area contributed by atoms with Crippen molar-refractivity contribution in [3.05, 3.63) is 53.8 Å². The predicted octanol–water partition coefficient (Wildman–Crippen LogP) is 1.37. The summed E-state index contributed by atoms with van der Waals surface area (Å²) in [5.74, 6) is -8.18. The first kappa shape index (κ1) is 29.3. The molecule has 3 N–H and O–H groups in total. The van der Waals surface area contributed by atoms with Crippen LogP contribution in [0.3, 0.4) is 0 Å². The molecule has 3 amide bonds. The second-order valence-corrected chi connectivity index (χ2v) is 9.63. The van der Waals surface area contributed by atoms with Crippen LogP contribution in [-0.2, 0) is 33.9 Å². The lowest BCUT2D eigenvalue weighted by atomic mass is 10.2. The monoisotopic (exact) mass is 544 g/mol. The van der Waals surface area contributed by atoms with Gasteiger partial charge in [0.2, 0.25) is 21.8 Å². The molecule has 0 aliphatic heterocycles. The van der Waals surface area contributed by atoms with Gasteiger partial charge in [0.15, 0.2) is 23.6 Å². The first-order chi connectivity index (χ1) is 17.2. The highest BCUT2D eigenvalue weighted by atomic mass is 32.2. The van der Waals surface area contributed by atoms with Gasteiger partial charge in [0.05, 0.1) is 17.1 Å². The molecule has 0 aliphatic carbocycles. The van der Waals surface area contributed by atoms with Crippen LogP contribution in [-0.4, -0.2) is 62.7 Å². The highest BCUT2D eigenvalue weighted by Gasteiger charge is 2.26. The highest BCUT2D eigenvalue weighted by molar-refractivity contribution is 7.89. The van der Waals surface area contributed by atoms with Gasteiger partial charge >= 0.3 is 5.97 Å². The number of ether oxygens (including phenoxy) is 1. The van der Waals surface area contributed by atoms with E-state index in [4.69, 9.17) is 4.74 Å². The second-order valence-electron chi connectivity index (χ2n) is 7.59. The van der Waals surface area contributed by atoms with E-state index in [-0.39, 0.29) is 10.8 Å². The largest absolute Gasteiger partial charge is 0.452 e. The fourth-order valence-electron chi connectivity index (χ4n) is 2.78. The van der Waals surface area contributed by atoms with Gasteiger partial charge in [0, 0.05) is 19.7 Å². The summed E-state index contributed by atoms with van der Waals surface area (Å²) in [6.07, 6.45) is -1.44. The van der Waals surface area contributed by atoms with E-state index >= 15 is 0 Å². The molecular formula is C22H23F3N4O7S. The van der Waals surface area contributed by atoms with Crippen LogP contribution in [0, 0.1) is 17.5 Å². The Hall–Kier alpha value is -3.98. The first-order valence-corrected chi connectivity index (χ1v) is 11.9. The maximum atomic E-state index is 13.6. The van der Waals surface area contributed by atoms with Crippen molar-refractivity contribution in [1.29, 1.82) is 0 Å². The maximum Gasteiger partial charge on any atom is 0.322 e. The minimum absolute atomic E-state index is 0.161. The molecule has 0 aliphatic rings. The summed E-state index contributed by atoms with van der Waals surface area (Å²) in [4.78, 5) is 47.0. The molecule has 0 unspecified atom stereocenters. The van der Waals surface area contributed by atoms with Gasteiger partial charge in [-0.1, -0.05) is 0 Å². The van der Waals surface area contributed by atoms with E-state index in [2.05, 4.69) is 10.6 Å². The fraction of sp³-hybridized carbons (Fsp3) is 0.273. The maximum absolute atomic E-state index is 13.6. The summed E-state index contributed by atoms with van der Waals surface area (Å²) in [7, 11) is -2.99. The zero-order valence-electron chi connectivity index (χ0n) is 19.8. The zero-order valence-corrected chi connectivity index (χ0v) is 20.6. The van der Waals surface area contributed by atoms with Crippen molar-refractivity contribution in [2.75, 3.05) is 30.8 Å². The number of carbonyl (C=O) groups excluding carboxylic acids is 4. The van der Waals surface area contributed by atoms with Crippen molar-refractivity contribution < 1.29 is 45.5 Å². The minimum atomic E-state index is -4.11. The zero-order chi connectivity index (χ0) is 27.9. The number of esters is 1. The Labute approximate surface area is 210 Å². The molecule has 15 heteroatoms. The van der Waals surface area contributed by atoms with E-state index in [0.29, 0.717) is 16.1 Å². The third-order valence-electron chi connectivity index (χ3n) is 4.64. The van der Waals surface area contributed by atoms with Gasteiger partial charge in [-0.2, -0.15) is 4.31 Å². The van der Waals surface area contributed by atoms with Crippen LogP contribution in [0.5, 0.6) is 0 Å². The number of nitrogens with zero attached hydrogens (tertiary/aromatic N) is 1. The molecule has 2 aromatic carbocycles. The topological polar surface area (TPSA) is 151 Å². The predicted molar refractivity (Wildman–Crippen MR) is 124 cm³/mol. The second kappa shape index (κ2) is 12.3. The van der Waals surface area contributed by atoms with Crippen LogP contribution in [0.2, 0.25) is 0 Å². The van der Waals surface area contributed by atoms with E-state index in [1.807, 2.05) is 5.32 Å². The molecule has 0 bridgehead atoms. The average molecular weight is 545 g/mol. The van der Waals surface area contributed by atoms with Crippen molar-refractivity contribution >= 4 is 45.1 Å². The summed E-state index contributed by atoms with van der Waals surface area (Å²) < 4.78 is 70.7. The van der Waals surface area contributed by atoms with Crippen LogP contribution in [0.1, 0.15) is 13.8 Å². The molecule has 11 nitrogen and oxygen atoms in total. The van der Waals surface area contributed by atoms with Crippen LogP contribution < -0.4 is 16.0 Å². The third-order valence-corrected chi connectivity index (χ3v) is 6.46. The molecule has 0 heterocycles.